The quantitative estimate of drug-likeness (QED) is 0.118. The van der Waals surface area contributed by atoms with Gasteiger partial charge in [-0.2, -0.15) is 12.7 Å². The van der Waals surface area contributed by atoms with Gasteiger partial charge in [0.05, 0.1) is 21.9 Å². The molecule has 0 bridgehead atoms. The van der Waals surface area contributed by atoms with Crippen LogP contribution in [0, 0.1) is 13.8 Å². The number of pyridine rings is 1. The fourth-order valence-electron chi connectivity index (χ4n) is 5.03. The van der Waals surface area contributed by atoms with E-state index in [1.807, 2.05) is 37.3 Å². The summed E-state index contributed by atoms with van der Waals surface area (Å²) in [6, 6.07) is 13.5. The Hall–Kier alpha value is -3.12. The van der Waals surface area contributed by atoms with Gasteiger partial charge >= 0.3 is 6.03 Å². The Morgan fingerprint density at radius 3 is 2.29 bits per heavy atom. The molecule has 13 nitrogen and oxygen atoms in total. The molecule has 0 aliphatic carbocycles. The summed E-state index contributed by atoms with van der Waals surface area (Å²) in [4.78, 5) is 16.1. The van der Waals surface area contributed by atoms with Gasteiger partial charge in [-0.3, -0.25) is 9.54 Å². The van der Waals surface area contributed by atoms with Crippen molar-refractivity contribution in [3.05, 3.63) is 82.6 Å². The van der Waals surface area contributed by atoms with Gasteiger partial charge < -0.3 is 10.6 Å². The lowest BCUT2D eigenvalue weighted by molar-refractivity contribution is 0.228. The number of hydrogen-bond acceptors (Lipinski definition) is 8. The second-order valence-electron chi connectivity index (χ2n) is 11.7. The van der Waals surface area contributed by atoms with Gasteiger partial charge in [0.15, 0.2) is 0 Å². The number of nitrogens with zero attached hydrogens (tertiary/aromatic N) is 2. The molecule has 1 aromatic heterocycles. The first-order valence-corrected chi connectivity index (χ1v) is 20.2. The van der Waals surface area contributed by atoms with E-state index in [2.05, 4.69) is 20.3 Å². The summed E-state index contributed by atoms with van der Waals surface area (Å²) in [6.07, 6.45) is 3.57. The van der Waals surface area contributed by atoms with Gasteiger partial charge in [0.1, 0.15) is 0 Å². The zero-order valence-corrected chi connectivity index (χ0v) is 30.4. The molecule has 0 aliphatic rings. The lowest BCUT2D eigenvalue weighted by atomic mass is 9.90. The van der Waals surface area contributed by atoms with Crippen molar-refractivity contribution in [3.63, 3.8) is 0 Å². The summed E-state index contributed by atoms with van der Waals surface area (Å²) in [5.74, 6) is -0.959. The van der Waals surface area contributed by atoms with Crippen molar-refractivity contribution in [2.45, 2.75) is 51.0 Å². The van der Waals surface area contributed by atoms with E-state index in [4.69, 9.17) is 16.2 Å². The normalized spacial score (nSPS) is 12.6. The van der Waals surface area contributed by atoms with E-state index in [1.54, 1.807) is 45.3 Å². The smallest absolute Gasteiger partial charge is 0.314 e. The molecule has 3 rings (SSSR count). The number of amides is 2. The Balaban J connectivity index is 1.74. The molecule has 264 valence electrons. The molecule has 0 aliphatic heterocycles. The van der Waals surface area contributed by atoms with Crippen molar-refractivity contribution in [3.8, 4) is 11.1 Å². The molecule has 0 saturated carbocycles. The molecule has 0 spiro atoms. The van der Waals surface area contributed by atoms with Crippen LogP contribution in [0.3, 0.4) is 0 Å². The van der Waals surface area contributed by atoms with Crippen molar-refractivity contribution >= 4 is 47.8 Å². The standard InChI is InChI=1S/C31H42ClN5O8S3/c1-23-22-33-16-13-27(23)25-9-5-10-26(21-25)31(3,4)37(48(44,45)29-12-6-11-28(32)24(29)2)18-7-15-36-46(39,40)20-17-35-30(38)34-14-8-19-47(41,42)43/h5-6,9-13,16,21-22,36H,7-8,14-15,17-20H2,1-4H3,(H2,34,35,38)(H,41,42,43). The Kier molecular flexibility index (Phi) is 13.5. The summed E-state index contributed by atoms with van der Waals surface area (Å²) in [7, 11) is -12.1. The van der Waals surface area contributed by atoms with E-state index in [-0.39, 0.29) is 43.9 Å². The summed E-state index contributed by atoms with van der Waals surface area (Å²) in [5, 5.41) is 5.04. The molecule has 0 saturated heterocycles. The molecule has 0 unspecified atom stereocenters. The Bertz CT molecular complexity index is 1920. The third-order valence-electron chi connectivity index (χ3n) is 7.69. The Morgan fingerprint density at radius 2 is 1.60 bits per heavy atom. The summed E-state index contributed by atoms with van der Waals surface area (Å²) in [5.41, 5.74) is 2.86. The highest BCUT2D eigenvalue weighted by Crippen LogP contribution is 2.37. The highest BCUT2D eigenvalue weighted by molar-refractivity contribution is 7.89. The van der Waals surface area contributed by atoms with Crippen molar-refractivity contribution in [1.29, 1.82) is 0 Å². The SMILES string of the molecule is Cc1cnccc1-c1cccc(C(C)(C)N(CCCNS(=O)(=O)CCNC(=O)NCCCS(=O)(=O)O)S(=O)(=O)c2cccc(Cl)c2C)c1. The molecule has 2 aromatic carbocycles. The molecule has 3 aromatic rings. The van der Waals surface area contributed by atoms with E-state index < -0.39 is 53.2 Å². The Labute approximate surface area is 288 Å². The minimum Gasteiger partial charge on any atom is -0.338 e. The van der Waals surface area contributed by atoms with Crippen molar-refractivity contribution < 1.29 is 34.6 Å². The fourth-order valence-corrected chi connectivity index (χ4v) is 8.81. The van der Waals surface area contributed by atoms with Gasteiger partial charge in [-0.15, -0.1) is 0 Å². The van der Waals surface area contributed by atoms with E-state index in [0.717, 1.165) is 22.3 Å². The van der Waals surface area contributed by atoms with Crippen LogP contribution in [0.4, 0.5) is 4.79 Å². The number of carbonyl (C=O) groups excluding carboxylic acids is 1. The maximum Gasteiger partial charge on any atom is 0.314 e. The van der Waals surface area contributed by atoms with Crippen LogP contribution in [0.2, 0.25) is 5.02 Å². The topological polar surface area (TPSA) is 192 Å². The molecule has 1 heterocycles. The molecule has 0 fully saturated rings. The van der Waals surface area contributed by atoms with Crippen LogP contribution >= 0.6 is 11.6 Å². The average molecular weight is 744 g/mol. The lowest BCUT2D eigenvalue weighted by Crippen LogP contribution is -2.47. The predicted molar refractivity (Wildman–Crippen MR) is 186 cm³/mol. The summed E-state index contributed by atoms with van der Waals surface area (Å²) >= 11 is 6.32. The maximum absolute atomic E-state index is 14.3. The molecular weight excluding hydrogens is 702 g/mol. The first-order chi connectivity index (χ1) is 22.3. The van der Waals surface area contributed by atoms with Crippen LogP contribution in [0.25, 0.3) is 11.1 Å². The largest absolute Gasteiger partial charge is 0.338 e. The first kappa shape index (κ1) is 39.3. The average Bonchev–Trinajstić information content (AvgIpc) is 3.00. The molecule has 2 amide bonds. The third-order valence-corrected chi connectivity index (χ3v) is 12.5. The van der Waals surface area contributed by atoms with Crippen LogP contribution < -0.4 is 15.4 Å². The number of aryl methyl sites for hydroxylation is 1. The number of sulfonamides is 2. The number of rotatable bonds is 17. The molecule has 48 heavy (non-hydrogen) atoms. The fraction of sp³-hybridized carbons (Fsp3) is 0.419. The Morgan fingerprint density at radius 1 is 0.917 bits per heavy atom. The van der Waals surface area contributed by atoms with Gasteiger partial charge in [0, 0.05) is 43.6 Å². The van der Waals surface area contributed by atoms with E-state index in [0.29, 0.717) is 10.6 Å². The zero-order valence-electron chi connectivity index (χ0n) is 27.2. The van der Waals surface area contributed by atoms with E-state index in [1.165, 1.54) is 10.4 Å². The molecule has 4 N–H and O–H groups in total. The van der Waals surface area contributed by atoms with E-state index in [9.17, 15) is 30.0 Å². The van der Waals surface area contributed by atoms with Crippen molar-refractivity contribution in [1.82, 2.24) is 24.6 Å². The van der Waals surface area contributed by atoms with Gasteiger partial charge in [0.25, 0.3) is 10.1 Å². The molecular formula is C31H42ClN5O8S3. The minimum absolute atomic E-state index is 0.0115. The van der Waals surface area contributed by atoms with Crippen molar-refractivity contribution in [2.75, 3.05) is 37.7 Å². The minimum atomic E-state index is -4.14. The number of carbonyl (C=O) groups is 1. The first-order valence-electron chi connectivity index (χ1n) is 15.1. The van der Waals surface area contributed by atoms with Gasteiger partial charge in [-0.25, -0.2) is 26.4 Å². The number of aromatic nitrogens is 1. The van der Waals surface area contributed by atoms with Gasteiger partial charge in [-0.1, -0.05) is 35.9 Å². The van der Waals surface area contributed by atoms with Crippen LogP contribution in [0.1, 0.15) is 43.4 Å². The van der Waals surface area contributed by atoms with Crippen LogP contribution in [-0.2, 0) is 35.7 Å². The lowest BCUT2D eigenvalue weighted by Gasteiger charge is -2.38. The summed E-state index contributed by atoms with van der Waals surface area (Å²) < 4.78 is 87.9. The van der Waals surface area contributed by atoms with Crippen LogP contribution in [-0.4, -0.2) is 82.8 Å². The highest BCUT2D eigenvalue weighted by Gasteiger charge is 2.39. The number of benzene rings is 2. The molecule has 0 atom stereocenters. The summed E-state index contributed by atoms with van der Waals surface area (Å²) in [6.45, 7) is 6.81. The predicted octanol–water partition coefficient (Wildman–Crippen LogP) is 3.83. The third kappa shape index (κ3) is 10.9. The highest BCUT2D eigenvalue weighted by atomic mass is 35.5. The maximum atomic E-state index is 14.3. The number of hydrogen-bond donors (Lipinski definition) is 4. The number of halogens is 1. The van der Waals surface area contributed by atoms with Gasteiger partial charge in [-0.05, 0) is 92.6 Å². The van der Waals surface area contributed by atoms with Crippen LogP contribution in [0.15, 0.2) is 65.8 Å². The van der Waals surface area contributed by atoms with E-state index >= 15 is 0 Å². The molecule has 0 radical (unpaired) electrons. The monoisotopic (exact) mass is 743 g/mol. The molecule has 17 heteroatoms. The van der Waals surface area contributed by atoms with Gasteiger partial charge in [0.2, 0.25) is 20.0 Å². The van der Waals surface area contributed by atoms with Crippen LogP contribution in [0.5, 0.6) is 0 Å². The number of urea groups is 1. The number of nitrogens with one attached hydrogen (secondary N) is 3. The van der Waals surface area contributed by atoms with Crippen molar-refractivity contribution in [2.24, 2.45) is 0 Å². The zero-order chi connectivity index (χ0) is 35.8. The second kappa shape index (κ2) is 16.5. The second-order valence-corrected chi connectivity index (χ2v) is 17.4.